The standard InChI is InChI=1S/C18H19BrN4O2/c1-11-15(10-17(24)22-5-7-25-8-6-22)12(2)23-18(20-11)14-4-3-13(19)9-16(14)21-23/h3-4,9H,5-8,10H2,1-2H3. The van der Waals surface area contributed by atoms with E-state index in [-0.39, 0.29) is 5.91 Å². The number of morpholine rings is 1. The number of ether oxygens (including phenoxy) is 1. The summed E-state index contributed by atoms with van der Waals surface area (Å²) in [6.07, 6.45) is 0.348. The summed E-state index contributed by atoms with van der Waals surface area (Å²) in [5.74, 6) is 0.120. The van der Waals surface area contributed by atoms with Crippen molar-refractivity contribution in [2.45, 2.75) is 20.3 Å². The number of aryl methyl sites for hydroxylation is 2. The van der Waals surface area contributed by atoms with Gasteiger partial charge < -0.3 is 9.64 Å². The molecule has 3 aromatic rings. The fourth-order valence-corrected chi connectivity index (χ4v) is 3.68. The Balaban J connectivity index is 1.76. The molecule has 1 amide bonds. The number of benzene rings is 1. The van der Waals surface area contributed by atoms with Crippen LogP contribution in [0.15, 0.2) is 22.7 Å². The first-order valence-corrected chi connectivity index (χ1v) is 9.13. The van der Waals surface area contributed by atoms with Gasteiger partial charge in [-0.25, -0.2) is 9.50 Å². The van der Waals surface area contributed by atoms with Gasteiger partial charge in [-0.3, -0.25) is 4.79 Å². The zero-order valence-corrected chi connectivity index (χ0v) is 15.8. The van der Waals surface area contributed by atoms with Crippen molar-refractivity contribution < 1.29 is 9.53 Å². The second-order valence-electron chi connectivity index (χ2n) is 6.33. The summed E-state index contributed by atoms with van der Waals surface area (Å²) in [7, 11) is 0. The van der Waals surface area contributed by atoms with Crippen LogP contribution in [0, 0.1) is 13.8 Å². The van der Waals surface area contributed by atoms with Crippen LogP contribution in [0.2, 0.25) is 0 Å². The molecule has 0 spiro atoms. The molecule has 1 fully saturated rings. The Morgan fingerprint density at radius 2 is 2.04 bits per heavy atom. The third kappa shape index (κ3) is 2.91. The molecule has 130 valence electrons. The summed E-state index contributed by atoms with van der Waals surface area (Å²) in [5.41, 5.74) is 4.53. The number of hydrogen-bond acceptors (Lipinski definition) is 4. The summed E-state index contributed by atoms with van der Waals surface area (Å²) >= 11 is 3.48. The average Bonchev–Trinajstić information content (AvgIpc) is 2.97. The van der Waals surface area contributed by atoms with E-state index in [4.69, 9.17) is 9.72 Å². The van der Waals surface area contributed by atoms with E-state index >= 15 is 0 Å². The molecule has 1 aliphatic rings. The van der Waals surface area contributed by atoms with E-state index in [1.54, 1.807) is 0 Å². The highest BCUT2D eigenvalue weighted by Gasteiger charge is 2.21. The predicted octanol–water partition coefficient (Wildman–Crippen LogP) is 2.66. The minimum absolute atomic E-state index is 0.120. The molecular weight excluding hydrogens is 384 g/mol. The van der Waals surface area contributed by atoms with Gasteiger partial charge in [-0.05, 0) is 32.0 Å². The van der Waals surface area contributed by atoms with Crippen LogP contribution >= 0.6 is 15.9 Å². The van der Waals surface area contributed by atoms with Gasteiger partial charge in [0.25, 0.3) is 0 Å². The SMILES string of the molecule is Cc1nc2c3ccc(Br)cc3nn2c(C)c1CC(=O)N1CCOCC1. The van der Waals surface area contributed by atoms with Crippen LogP contribution in [0.25, 0.3) is 16.6 Å². The fourth-order valence-electron chi connectivity index (χ4n) is 3.33. The van der Waals surface area contributed by atoms with Crippen molar-refractivity contribution in [3.05, 3.63) is 39.6 Å². The van der Waals surface area contributed by atoms with Crippen LogP contribution in [0.3, 0.4) is 0 Å². The van der Waals surface area contributed by atoms with E-state index in [1.165, 1.54) is 0 Å². The number of fused-ring (bicyclic) bond motifs is 3. The average molecular weight is 403 g/mol. The van der Waals surface area contributed by atoms with Gasteiger partial charge in [-0.15, -0.1) is 0 Å². The molecule has 1 aliphatic heterocycles. The van der Waals surface area contributed by atoms with Gasteiger partial charge in [-0.2, -0.15) is 5.10 Å². The largest absolute Gasteiger partial charge is 0.378 e. The third-order valence-corrected chi connectivity index (χ3v) is 5.26. The Kier molecular flexibility index (Phi) is 4.21. The van der Waals surface area contributed by atoms with Gasteiger partial charge in [0.05, 0.1) is 25.2 Å². The van der Waals surface area contributed by atoms with Crippen molar-refractivity contribution in [2.24, 2.45) is 0 Å². The molecule has 6 nitrogen and oxygen atoms in total. The smallest absolute Gasteiger partial charge is 0.227 e. The first-order chi connectivity index (χ1) is 12.0. The molecule has 0 radical (unpaired) electrons. The van der Waals surface area contributed by atoms with Crippen molar-refractivity contribution in [1.29, 1.82) is 0 Å². The number of halogens is 1. The lowest BCUT2D eigenvalue weighted by molar-refractivity contribution is -0.134. The monoisotopic (exact) mass is 402 g/mol. The molecule has 0 saturated carbocycles. The van der Waals surface area contributed by atoms with E-state index in [0.29, 0.717) is 32.7 Å². The van der Waals surface area contributed by atoms with E-state index in [2.05, 4.69) is 21.0 Å². The van der Waals surface area contributed by atoms with Crippen LogP contribution in [0.4, 0.5) is 0 Å². The summed E-state index contributed by atoms with van der Waals surface area (Å²) in [6.45, 7) is 6.51. The Hall–Kier alpha value is -1.99. The fraction of sp³-hybridized carbons (Fsp3) is 0.389. The number of rotatable bonds is 2. The number of carbonyl (C=O) groups is 1. The van der Waals surface area contributed by atoms with Crippen molar-refractivity contribution >= 4 is 38.4 Å². The van der Waals surface area contributed by atoms with E-state index in [0.717, 1.165) is 38.0 Å². The van der Waals surface area contributed by atoms with Crippen LogP contribution in [-0.4, -0.2) is 51.7 Å². The Labute approximate surface area is 153 Å². The van der Waals surface area contributed by atoms with Crippen molar-refractivity contribution in [1.82, 2.24) is 19.5 Å². The lowest BCUT2D eigenvalue weighted by Crippen LogP contribution is -2.41. The normalized spacial score (nSPS) is 15.2. The summed E-state index contributed by atoms with van der Waals surface area (Å²) in [4.78, 5) is 19.2. The molecule has 3 heterocycles. The maximum absolute atomic E-state index is 12.6. The van der Waals surface area contributed by atoms with Crippen molar-refractivity contribution in [3.63, 3.8) is 0 Å². The summed E-state index contributed by atoms with van der Waals surface area (Å²) in [5, 5.41) is 5.69. The number of hydrogen-bond donors (Lipinski definition) is 0. The predicted molar refractivity (Wildman–Crippen MR) is 98.8 cm³/mol. The van der Waals surface area contributed by atoms with E-state index < -0.39 is 0 Å². The van der Waals surface area contributed by atoms with Crippen LogP contribution in [-0.2, 0) is 16.0 Å². The molecule has 25 heavy (non-hydrogen) atoms. The van der Waals surface area contributed by atoms with Gasteiger partial charge in [0.1, 0.15) is 0 Å². The molecule has 0 aliphatic carbocycles. The van der Waals surface area contributed by atoms with Gasteiger partial charge in [-0.1, -0.05) is 15.9 Å². The van der Waals surface area contributed by atoms with Crippen LogP contribution in [0.1, 0.15) is 17.0 Å². The first-order valence-electron chi connectivity index (χ1n) is 8.34. The van der Waals surface area contributed by atoms with Crippen molar-refractivity contribution in [2.75, 3.05) is 26.3 Å². The molecule has 7 heteroatoms. The Morgan fingerprint density at radius 1 is 1.28 bits per heavy atom. The minimum Gasteiger partial charge on any atom is -0.378 e. The minimum atomic E-state index is 0.120. The van der Waals surface area contributed by atoms with Crippen LogP contribution < -0.4 is 0 Å². The third-order valence-electron chi connectivity index (χ3n) is 4.77. The molecule has 0 unspecified atom stereocenters. The van der Waals surface area contributed by atoms with Gasteiger partial charge in [0.15, 0.2) is 5.65 Å². The zero-order chi connectivity index (χ0) is 17.6. The summed E-state index contributed by atoms with van der Waals surface area (Å²) in [6, 6.07) is 6.00. The highest BCUT2D eigenvalue weighted by atomic mass is 79.9. The molecule has 1 aromatic carbocycles. The zero-order valence-electron chi connectivity index (χ0n) is 14.3. The number of amides is 1. The molecule has 0 N–H and O–H groups in total. The number of aromatic nitrogens is 3. The van der Waals surface area contributed by atoms with Gasteiger partial charge in [0.2, 0.25) is 5.91 Å². The quantitative estimate of drug-likeness (QED) is 0.660. The van der Waals surface area contributed by atoms with Gasteiger partial charge >= 0.3 is 0 Å². The molecule has 0 bridgehead atoms. The highest BCUT2D eigenvalue weighted by Crippen LogP contribution is 2.25. The maximum Gasteiger partial charge on any atom is 0.227 e. The highest BCUT2D eigenvalue weighted by molar-refractivity contribution is 9.10. The molecule has 4 rings (SSSR count). The lowest BCUT2D eigenvalue weighted by atomic mass is 10.1. The van der Waals surface area contributed by atoms with E-state index in [1.807, 2.05) is 41.5 Å². The summed E-state index contributed by atoms with van der Waals surface area (Å²) < 4.78 is 8.16. The molecule has 2 aromatic heterocycles. The van der Waals surface area contributed by atoms with Crippen LogP contribution in [0.5, 0.6) is 0 Å². The molecular formula is C18H19BrN4O2. The number of nitrogens with zero attached hydrogens (tertiary/aromatic N) is 4. The maximum atomic E-state index is 12.6. The Bertz CT molecular complexity index is 976. The lowest BCUT2D eigenvalue weighted by Gasteiger charge is -2.27. The number of carbonyl (C=O) groups excluding carboxylic acids is 1. The van der Waals surface area contributed by atoms with Gasteiger partial charge in [0, 0.05) is 39.9 Å². The topological polar surface area (TPSA) is 59.7 Å². The second kappa shape index (κ2) is 6.38. The molecule has 0 atom stereocenters. The Morgan fingerprint density at radius 3 is 2.80 bits per heavy atom. The van der Waals surface area contributed by atoms with Crippen molar-refractivity contribution in [3.8, 4) is 0 Å². The second-order valence-corrected chi connectivity index (χ2v) is 7.24. The first kappa shape index (κ1) is 16.5. The molecule has 1 saturated heterocycles. The van der Waals surface area contributed by atoms with E-state index in [9.17, 15) is 4.79 Å².